The summed E-state index contributed by atoms with van der Waals surface area (Å²) in [6.07, 6.45) is 0. The summed E-state index contributed by atoms with van der Waals surface area (Å²) in [5.74, 6) is -0.100. The fourth-order valence-corrected chi connectivity index (χ4v) is 2.11. The Hall–Kier alpha value is -1.90. The molecule has 0 bridgehead atoms. The van der Waals surface area contributed by atoms with E-state index in [9.17, 15) is 10.1 Å². The maximum atomic E-state index is 11.0. The second kappa shape index (κ2) is 9.11. The third-order valence-electron chi connectivity index (χ3n) is 3.36. The summed E-state index contributed by atoms with van der Waals surface area (Å²) in [6, 6.07) is 9.30. The van der Waals surface area contributed by atoms with E-state index < -0.39 is 0 Å². The molecule has 0 aromatic heterocycles. The minimum atomic E-state index is -0.327. The van der Waals surface area contributed by atoms with Gasteiger partial charge in [0.25, 0.3) is 0 Å². The quantitative estimate of drug-likeness (QED) is 0.769. The Labute approximate surface area is 126 Å². The number of hydrogen-bond donors (Lipinski definition) is 2. The van der Waals surface area contributed by atoms with Crippen LogP contribution in [0.15, 0.2) is 24.3 Å². The highest BCUT2D eigenvalue weighted by atomic mass is 16.1. The first kappa shape index (κ1) is 17.2. The van der Waals surface area contributed by atoms with Crippen molar-refractivity contribution in [3.8, 4) is 6.07 Å². The number of nitriles is 1. The van der Waals surface area contributed by atoms with Crippen LogP contribution in [0.3, 0.4) is 0 Å². The molecule has 1 amide bonds. The van der Waals surface area contributed by atoms with E-state index in [0.717, 1.165) is 37.4 Å². The normalized spacial score (nSPS) is 12.0. The Morgan fingerprint density at radius 1 is 1.29 bits per heavy atom. The summed E-state index contributed by atoms with van der Waals surface area (Å²) >= 11 is 0. The standard InChI is InChI=1S/C16H24N4O/c1-4-20(5-2)11-10-18-16(12-17)14-6-8-15(9-7-14)19-13(3)21/h6-9,16,18H,4-5,10-11H2,1-3H3,(H,19,21). The van der Waals surface area contributed by atoms with Crippen molar-refractivity contribution in [2.45, 2.75) is 26.8 Å². The van der Waals surface area contributed by atoms with Gasteiger partial charge >= 0.3 is 0 Å². The SMILES string of the molecule is CCN(CC)CCNC(C#N)c1ccc(NC(C)=O)cc1. The highest BCUT2D eigenvalue weighted by Crippen LogP contribution is 2.15. The van der Waals surface area contributed by atoms with E-state index in [1.54, 1.807) is 0 Å². The number of carbonyl (C=O) groups excluding carboxylic acids is 1. The molecule has 1 aromatic carbocycles. The molecule has 1 rings (SSSR count). The fraction of sp³-hybridized carbons (Fsp3) is 0.500. The Bertz CT molecular complexity index is 474. The van der Waals surface area contributed by atoms with E-state index >= 15 is 0 Å². The van der Waals surface area contributed by atoms with Gasteiger partial charge in [0.05, 0.1) is 6.07 Å². The van der Waals surface area contributed by atoms with Gasteiger partial charge < -0.3 is 10.2 Å². The summed E-state index contributed by atoms with van der Waals surface area (Å²) in [4.78, 5) is 13.3. The van der Waals surface area contributed by atoms with Gasteiger partial charge in [-0.3, -0.25) is 10.1 Å². The molecular weight excluding hydrogens is 264 g/mol. The van der Waals surface area contributed by atoms with Crippen molar-refractivity contribution < 1.29 is 4.79 Å². The van der Waals surface area contributed by atoms with Crippen LogP contribution in [-0.2, 0) is 4.79 Å². The van der Waals surface area contributed by atoms with Gasteiger partial charge in [0.2, 0.25) is 5.91 Å². The van der Waals surface area contributed by atoms with Crippen molar-refractivity contribution in [2.75, 3.05) is 31.5 Å². The molecule has 21 heavy (non-hydrogen) atoms. The van der Waals surface area contributed by atoms with Crippen LogP contribution in [0.25, 0.3) is 0 Å². The molecule has 114 valence electrons. The monoisotopic (exact) mass is 288 g/mol. The zero-order valence-corrected chi connectivity index (χ0v) is 13.0. The molecule has 0 radical (unpaired) electrons. The first-order chi connectivity index (χ1) is 10.1. The molecular formula is C16H24N4O. The van der Waals surface area contributed by atoms with Crippen LogP contribution in [0.2, 0.25) is 0 Å². The molecule has 0 fully saturated rings. The van der Waals surface area contributed by atoms with Gasteiger partial charge in [-0.25, -0.2) is 0 Å². The summed E-state index contributed by atoms with van der Waals surface area (Å²) in [7, 11) is 0. The van der Waals surface area contributed by atoms with Crippen LogP contribution in [0.5, 0.6) is 0 Å². The summed E-state index contributed by atoms with van der Waals surface area (Å²) < 4.78 is 0. The van der Waals surface area contributed by atoms with Crippen molar-refractivity contribution in [1.29, 1.82) is 5.26 Å². The number of amides is 1. The largest absolute Gasteiger partial charge is 0.326 e. The van der Waals surface area contributed by atoms with Crippen molar-refractivity contribution in [3.05, 3.63) is 29.8 Å². The third-order valence-corrected chi connectivity index (χ3v) is 3.36. The van der Waals surface area contributed by atoms with Crippen LogP contribution in [0.4, 0.5) is 5.69 Å². The highest BCUT2D eigenvalue weighted by Gasteiger charge is 2.10. The molecule has 1 aromatic rings. The number of anilines is 1. The van der Waals surface area contributed by atoms with Gasteiger partial charge in [0.15, 0.2) is 0 Å². The minimum Gasteiger partial charge on any atom is -0.326 e. The van der Waals surface area contributed by atoms with E-state index in [4.69, 9.17) is 0 Å². The molecule has 0 aliphatic carbocycles. The molecule has 0 aliphatic rings. The molecule has 0 heterocycles. The average Bonchev–Trinajstić information content (AvgIpc) is 2.48. The van der Waals surface area contributed by atoms with Crippen molar-refractivity contribution >= 4 is 11.6 Å². The van der Waals surface area contributed by atoms with E-state index in [0.29, 0.717) is 0 Å². The first-order valence-corrected chi connectivity index (χ1v) is 7.33. The lowest BCUT2D eigenvalue weighted by Crippen LogP contribution is -2.33. The molecule has 0 saturated carbocycles. The zero-order chi connectivity index (χ0) is 15.7. The van der Waals surface area contributed by atoms with Crippen LogP contribution < -0.4 is 10.6 Å². The van der Waals surface area contributed by atoms with Gasteiger partial charge in [0.1, 0.15) is 6.04 Å². The number of nitrogens with one attached hydrogen (secondary N) is 2. The summed E-state index contributed by atoms with van der Waals surface area (Å²) in [5.41, 5.74) is 1.65. The molecule has 5 nitrogen and oxygen atoms in total. The minimum absolute atomic E-state index is 0.100. The van der Waals surface area contributed by atoms with E-state index in [1.807, 2.05) is 24.3 Å². The van der Waals surface area contributed by atoms with Crippen LogP contribution in [0, 0.1) is 11.3 Å². The van der Waals surface area contributed by atoms with Gasteiger partial charge in [-0.05, 0) is 30.8 Å². The van der Waals surface area contributed by atoms with Gasteiger partial charge in [-0.1, -0.05) is 26.0 Å². The predicted molar refractivity (Wildman–Crippen MR) is 84.9 cm³/mol. The molecule has 2 N–H and O–H groups in total. The predicted octanol–water partition coefficient (Wildman–Crippen LogP) is 2.14. The highest BCUT2D eigenvalue weighted by molar-refractivity contribution is 5.88. The maximum Gasteiger partial charge on any atom is 0.221 e. The van der Waals surface area contributed by atoms with Gasteiger partial charge in [0, 0.05) is 25.7 Å². The number of rotatable bonds is 8. The Morgan fingerprint density at radius 2 is 1.90 bits per heavy atom. The molecule has 0 spiro atoms. The molecule has 0 aliphatic heterocycles. The Kier molecular flexibility index (Phi) is 7.44. The van der Waals surface area contributed by atoms with Crippen molar-refractivity contribution in [2.24, 2.45) is 0 Å². The number of likely N-dealkylation sites (N-methyl/N-ethyl adjacent to an activating group) is 1. The maximum absolute atomic E-state index is 11.0. The lowest BCUT2D eigenvalue weighted by atomic mass is 10.1. The second-order valence-electron chi connectivity index (χ2n) is 4.85. The van der Waals surface area contributed by atoms with Crippen molar-refractivity contribution in [3.63, 3.8) is 0 Å². The molecule has 1 atom stereocenters. The van der Waals surface area contributed by atoms with Gasteiger partial charge in [-0.2, -0.15) is 5.26 Å². The average molecular weight is 288 g/mol. The third kappa shape index (κ3) is 5.94. The number of hydrogen-bond acceptors (Lipinski definition) is 4. The number of nitrogens with zero attached hydrogens (tertiary/aromatic N) is 2. The van der Waals surface area contributed by atoms with Crippen LogP contribution in [-0.4, -0.2) is 37.0 Å². The topological polar surface area (TPSA) is 68.2 Å². The zero-order valence-electron chi connectivity index (χ0n) is 13.0. The van der Waals surface area contributed by atoms with E-state index in [2.05, 4.69) is 35.5 Å². The Morgan fingerprint density at radius 3 is 2.38 bits per heavy atom. The second-order valence-corrected chi connectivity index (χ2v) is 4.85. The van der Waals surface area contributed by atoms with E-state index in [1.165, 1.54) is 6.92 Å². The van der Waals surface area contributed by atoms with Crippen LogP contribution in [0.1, 0.15) is 32.4 Å². The van der Waals surface area contributed by atoms with Crippen LogP contribution >= 0.6 is 0 Å². The molecule has 5 heteroatoms. The van der Waals surface area contributed by atoms with E-state index in [-0.39, 0.29) is 11.9 Å². The van der Waals surface area contributed by atoms with Crippen molar-refractivity contribution in [1.82, 2.24) is 10.2 Å². The molecule has 1 unspecified atom stereocenters. The van der Waals surface area contributed by atoms with Gasteiger partial charge in [-0.15, -0.1) is 0 Å². The molecule has 0 saturated heterocycles. The lowest BCUT2D eigenvalue weighted by molar-refractivity contribution is -0.114. The fourth-order valence-electron chi connectivity index (χ4n) is 2.11. The number of carbonyl (C=O) groups is 1. The first-order valence-electron chi connectivity index (χ1n) is 7.33. The summed E-state index contributed by atoms with van der Waals surface area (Å²) in [6.45, 7) is 9.46. The Balaban J connectivity index is 2.56. The smallest absolute Gasteiger partial charge is 0.221 e. The number of benzene rings is 1. The summed E-state index contributed by atoms with van der Waals surface area (Å²) in [5, 5.41) is 15.2. The lowest BCUT2D eigenvalue weighted by Gasteiger charge is -2.19.